The molecule has 6 saturated carbocycles. The van der Waals surface area contributed by atoms with Crippen LogP contribution in [0, 0.1) is 41.4 Å². The molecule has 0 aromatic carbocycles. The highest BCUT2D eigenvalue weighted by Gasteiger charge is 2.57. The largest absolute Gasteiger partial charge is 0.294 e. The topological polar surface area (TPSA) is 6.48 Å². The van der Waals surface area contributed by atoms with Crippen LogP contribution in [0.4, 0.5) is 0 Å². The Labute approximate surface area is 296 Å². The van der Waals surface area contributed by atoms with Crippen LogP contribution in [-0.4, -0.2) is 46.1 Å². The molecule has 8 aliphatic carbocycles. The van der Waals surface area contributed by atoms with E-state index in [-0.39, 0.29) is 0 Å². The molecule has 0 radical (unpaired) electrons. The van der Waals surface area contributed by atoms with Gasteiger partial charge in [-0.05, 0) is 151 Å². The Morgan fingerprint density at radius 2 is 1.17 bits per heavy atom. The van der Waals surface area contributed by atoms with Crippen LogP contribution in [0.1, 0.15) is 186 Å². The second kappa shape index (κ2) is 15.2. The Bertz CT molecular complexity index is 1060. The Balaban J connectivity index is 1.00. The number of fused-ring (bicyclic) bond motifs is 4. The van der Waals surface area contributed by atoms with Crippen molar-refractivity contribution in [2.45, 2.75) is 222 Å². The van der Waals surface area contributed by atoms with Crippen LogP contribution >= 0.6 is 0 Å². The first-order chi connectivity index (χ1) is 23.8. The number of likely N-dealkylation sites (tertiary alicyclic amines) is 1. The van der Waals surface area contributed by atoms with Gasteiger partial charge >= 0.3 is 0 Å². The van der Waals surface area contributed by atoms with Gasteiger partial charge in [-0.3, -0.25) is 9.80 Å². The zero-order valence-corrected chi connectivity index (χ0v) is 31.1. The quantitative estimate of drug-likeness (QED) is 0.263. The van der Waals surface area contributed by atoms with Gasteiger partial charge in [0, 0.05) is 36.3 Å². The molecule has 9 aliphatic rings. The summed E-state index contributed by atoms with van der Waals surface area (Å²) in [6.07, 6.45) is 51.8. The summed E-state index contributed by atoms with van der Waals surface area (Å²) in [5.74, 6) is 7.06. The van der Waals surface area contributed by atoms with Crippen LogP contribution in [-0.2, 0) is 0 Å². The first-order valence-electron chi connectivity index (χ1n) is 22.7. The third-order valence-electron chi connectivity index (χ3n) is 17.3. The average molecular weight is 655 g/mol. The standard InChI is InChI=1S/C46H74N2/c1-4-13-33(14-5-1)35-23-27-40(28-24-35)47(41-29-25-36(26-30-41)34-15-6-2-7-16-34)43-21-12-22-44-46(43)42-31-37-17-10-11-18-38(37)32-45(42)48(44)39-19-8-3-9-20-39/h3,8,32-37,39-46H,1-2,4-7,9-31H2/t35?,36?,37?,39-,40?,41?,42-,43?,44?,45?,46?/m0/s1. The number of hydrogen-bond acceptors (Lipinski definition) is 2. The maximum Gasteiger partial charge on any atom is 0.0319 e. The van der Waals surface area contributed by atoms with Crippen molar-refractivity contribution in [3.8, 4) is 0 Å². The number of rotatable bonds is 6. The molecule has 48 heavy (non-hydrogen) atoms. The Kier molecular flexibility index (Phi) is 10.5. The van der Waals surface area contributed by atoms with Crippen molar-refractivity contribution in [1.82, 2.24) is 9.80 Å². The van der Waals surface area contributed by atoms with Gasteiger partial charge in [-0.1, -0.05) is 101 Å². The van der Waals surface area contributed by atoms with Crippen molar-refractivity contribution in [2.24, 2.45) is 41.4 Å². The summed E-state index contributed by atoms with van der Waals surface area (Å²) in [6.45, 7) is 0. The minimum absolute atomic E-state index is 0.757. The highest BCUT2D eigenvalue weighted by molar-refractivity contribution is 5.25. The van der Waals surface area contributed by atoms with E-state index in [9.17, 15) is 0 Å². The van der Waals surface area contributed by atoms with Gasteiger partial charge in [0.15, 0.2) is 0 Å². The minimum Gasteiger partial charge on any atom is -0.294 e. The Morgan fingerprint density at radius 3 is 1.79 bits per heavy atom. The van der Waals surface area contributed by atoms with E-state index in [1.54, 1.807) is 57.8 Å². The second-order valence-corrected chi connectivity index (χ2v) is 19.5. The second-order valence-electron chi connectivity index (χ2n) is 19.5. The predicted molar refractivity (Wildman–Crippen MR) is 202 cm³/mol. The van der Waals surface area contributed by atoms with Crippen LogP contribution in [0.2, 0.25) is 0 Å². The summed E-state index contributed by atoms with van der Waals surface area (Å²) in [6, 6.07) is 5.06. The van der Waals surface area contributed by atoms with Crippen molar-refractivity contribution < 1.29 is 0 Å². The molecule has 1 saturated heterocycles. The monoisotopic (exact) mass is 655 g/mol. The van der Waals surface area contributed by atoms with Gasteiger partial charge < -0.3 is 0 Å². The maximum atomic E-state index is 3.44. The van der Waals surface area contributed by atoms with Crippen LogP contribution in [0.25, 0.3) is 0 Å². The maximum absolute atomic E-state index is 3.44. The van der Waals surface area contributed by atoms with Gasteiger partial charge in [0.2, 0.25) is 0 Å². The smallest absolute Gasteiger partial charge is 0.0319 e. The van der Waals surface area contributed by atoms with E-state index < -0.39 is 0 Å². The van der Waals surface area contributed by atoms with Gasteiger partial charge in [0.25, 0.3) is 0 Å². The summed E-state index contributed by atoms with van der Waals surface area (Å²) in [7, 11) is 0. The molecule has 1 heterocycles. The van der Waals surface area contributed by atoms with Crippen molar-refractivity contribution in [3.63, 3.8) is 0 Å². The molecule has 5 unspecified atom stereocenters. The van der Waals surface area contributed by atoms with Gasteiger partial charge in [-0.25, -0.2) is 0 Å². The van der Waals surface area contributed by atoms with Gasteiger partial charge in [-0.2, -0.15) is 0 Å². The molecule has 0 amide bonds. The zero-order chi connectivity index (χ0) is 31.9. The first kappa shape index (κ1) is 33.3. The molecule has 0 bridgehead atoms. The normalized spacial score (nSPS) is 44.9. The molecule has 268 valence electrons. The Hall–Kier alpha value is -0.600. The highest BCUT2D eigenvalue weighted by Crippen LogP contribution is 2.56. The minimum atomic E-state index is 0.757. The first-order valence-corrected chi connectivity index (χ1v) is 22.7. The predicted octanol–water partition coefficient (Wildman–Crippen LogP) is 12.0. The summed E-state index contributed by atoms with van der Waals surface area (Å²) in [5, 5.41) is 0. The van der Waals surface area contributed by atoms with E-state index in [2.05, 4.69) is 28.0 Å². The van der Waals surface area contributed by atoms with Crippen molar-refractivity contribution in [3.05, 3.63) is 23.8 Å². The van der Waals surface area contributed by atoms with Crippen LogP contribution < -0.4 is 0 Å². The highest BCUT2D eigenvalue weighted by atomic mass is 15.3. The van der Waals surface area contributed by atoms with E-state index in [1.165, 1.54) is 128 Å². The molecule has 0 N–H and O–H groups in total. The van der Waals surface area contributed by atoms with E-state index in [4.69, 9.17) is 0 Å². The van der Waals surface area contributed by atoms with E-state index in [1.807, 2.05) is 5.57 Å². The molecule has 0 aromatic heterocycles. The van der Waals surface area contributed by atoms with Crippen molar-refractivity contribution >= 4 is 0 Å². The van der Waals surface area contributed by atoms with Crippen LogP contribution in [0.5, 0.6) is 0 Å². The van der Waals surface area contributed by atoms with Crippen molar-refractivity contribution in [1.29, 1.82) is 0 Å². The summed E-state index contributed by atoms with van der Waals surface area (Å²) in [5.41, 5.74) is 1.91. The van der Waals surface area contributed by atoms with Crippen molar-refractivity contribution in [2.75, 3.05) is 0 Å². The molecule has 2 nitrogen and oxygen atoms in total. The summed E-state index contributed by atoms with van der Waals surface area (Å²) >= 11 is 0. The molecule has 0 aromatic rings. The lowest BCUT2D eigenvalue weighted by atomic mass is 9.65. The molecular weight excluding hydrogens is 581 g/mol. The SMILES string of the molecule is C1=CC[C@H](N2C3CCCC(N(C4CCC(C5CCCCC5)CC4)C4CCC(C5CCCCC5)CC4)C3[C@H]3CC4CCCCC4=CC32)CC1. The number of allylic oxidation sites excluding steroid dienone is 2. The van der Waals surface area contributed by atoms with Gasteiger partial charge in [-0.15, -0.1) is 0 Å². The third kappa shape index (κ3) is 6.61. The van der Waals surface area contributed by atoms with Crippen LogP contribution in [0.15, 0.2) is 23.8 Å². The Morgan fingerprint density at radius 1 is 0.542 bits per heavy atom. The zero-order valence-electron chi connectivity index (χ0n) is 31.1. The fourth-order valence-corrected chi connectivity index (χ4v) is 15.1. The number of nitrogens with zero attached hydrogens (tertiary/aromatic N) is 2. The lowest BCUT2D eigenvalue weighted by Crippen LogP contribution is -2.58. The fourth-order valence-electron chi connectivity index (χ4n) is 15.1. The summed E-state index contributed by atoms with van der Waals surface area (Å²) < 4.78 is 0. The molecule has 1 aliphatic heterocycles. The van der Waals surface area contributed by atoms with E-state index in [0.29, 0.717) is 0 Å². The van der Waals surface area contributed by atoms with E-state index in [0.717, 1.165) is 77.7 Å². The van der Waals surface area contributed by atoms with E-state index >= 15 is 0 Å². The molecule has 2 heteroatoms. The lowest BCUT2D eigenvalue weighted by molar-refractivity contribution is -0.0400. The molecule has 7 atom stereocenters. The fraction of sp³-hybridized carbons (Fsp3) is 0.913. The van der Waals surface area contributed by atoms with Gasteiger partial charge in [0.1, 0.15) is 0 Å². The van der Waals surface area contributed by atoms with Gasteiger partial charge in [0.05, 0.1) is 0 Å². The molecular formula is C46H74N2. The molecule has 7 fully saturated rings. The molecule has 0 spiro atoms. The van der Waals surface area contributed by atoms with Crippen LogP contribution in [0.3, 0.4) is 0 Å². The average Bonchev–Trinajstić information content (AvgIpc) is 3.49. The lowest BCUT2D eigenvalue weighted by Gasteiger charge is -2.54. The number of hydrogen-bond donors (Lipinski definition) is 0. The summed E-state index contributed by atoms with van der Waals surface area (Å²) in [4.78, 5) is 6.69. The third-order valence-corrected chi connectivity index (χ3v) is 17.3. The molecule has 9 rings (SSSR count).